The predicted molar refractivity (Wildman–Crippen MR) is 85.4 cm³/mol. The minimum absolute atomic E-state index is 0.0931. The van der Waals surface area contributed by atoms with Crippen LogP contribution in [0.3, 0.4) is 0 Å². The van der Waals surface area contributed by atoms with Gasteiger partial charge in [0.25, 0.3) is 0 Å². The van der Waals surface area contributed by atoms with E-state index in [2.05, 4.69) is 15.5 Å². The van der Waals surface area contributed by atoms with Crippen molar-refractivity contribution in [1.29, 1.82) is 0 Å². The van der Waals surface area contributed by atoms with Gasteiger partial charge in [-0.2, -0.15) is 10.2 Å². The Morgan fingerprint density at radius 3 is 2.74 bits per heavy atom. The van der Waals surface area contributed by atoms with E-state index in [-0.39, 0.29) is 12.5 Å². The summed E-state index contributed by atoms with van der Waals surface area (Å²) in [6.07, 6.45) is 1.45. The standard InChI is InChI=1S/C15H14ClN5O2/c1-10-12(7-17-21-9-13(22)18-15(21)23)14(16)20(19-10)8-11-5-3-2-4-6-11/h2-7H,8-9H2,1H3,(H,18,22,23)/b17-7+. The zero-order valence-electron chi connectivity index (χ0n) is 12.4. The highest BCUT2D eigenvalue weighted by molar-refractivity contribution is 6.32. The van der Waals surface area contributed by atoms with Gasteiger partial charge in [0.15, 0.2) is 0 Å². The molecule has 0 atom stereocenters. The average Bonchev–Trinajstić information content (AvgIpc) is 2.98. The van der Waals surface area contributed by atoms with E-state index in [1.54, 1.807) is 4.68 Å². The number of nitrogens with zero attached hydrogens (tertiary/aromatic N) is 4. The lowest BCUT2D eigenvalue weighted by Gasteiger charge is -2.04. The van der Waals surface area contributed by atoms with Gasteiger partial charge < -0.3 is 0 Å². The molecule has 2 heterocycles. The summed E-state index contributed by atoms with van der Waals surface area (Å²) in [6.45, 7) is 2.26. The number of aryl methyl sites for hydroxylation is 1. The Balaban J connectivity index is 1.81. The molecule has 0 bridgehead atoms. The van der Waals surface area contributed by atoms with E-state index in [4.69, 9.17) is 11.6 Å². The van der Waals surface area contributed by atoms with E-state index in [1.807, 2.05) is 37.3 Å². The number of carbonyl (C=O) groups excluding carboxylic acids is 2. The Hall–Kier alpha value is -2.67. The Morgan fingerprint density at radius 1 is 1.35 bits per heavy atom. The zero-order chi connectivity index (χ0) is 16.4. The second-order valence-electron chi connectivity index (χ2n) is 5.09. The number of rotatable bonds is 4. The Labute approximate surface area is 137 Å². The molecular formula is C15H14ClN5O2. The number of imide groups is 1. The second kappa shape index (κ2) is 6.21. The van der Waals surface area contributed by atoms with Crippen LogP contribution in [-0.2, 0) is 11.3 Å². The van der Waals surface area contributed by atoms with Gasteiger partial charge in [0.1, 0.15) is 11.7 Å². The van der Waals surface area contributed by atoms with Gasteiger partial charge in [-0.3, -0.25) is 10.1 Å². The number of amides is 3. The minimum Gasteiger partial charge on any atom is -0.275 e. The van der Waals surface area contributed by atoms with Crippen molar-refractivity contribution in [2.45, 2.75) is 13.5 Å². The first-order valence-corrected chi connectivity index (χ1v) is 7.34. The minimum atomic E-state index is -0.545. The van der Waals surface area contributed by atoms with Crippen molar-refractivity contribution in [3.05, 3.63) is 52.3 Å². The maximum atomic E-state index is 11.4. The van der Waals surface area contributed by atoms with Gasteiger partial charge in [-0.15, -0.1) is 0 Å². The number of hydrogen-bond acceptors (Lipinski definition) is 4. The van der Waals surface area contributed by atoms with E-state index in [1.165, 1.54) is 6.21 Å². The summed E-state index contributed by atoms with van der Waals surface area (Å²) in [5.41, 5.74) is 2.39. The Kier molecular flexibility index (Phi) is 4.12. The van der Waals surface area contributed by atoms with E-state index in [0.29, 0.717) is 23.0 Å². The molecule has 1 aliphatic heterocycles. The van der Waals surface area contributed by atoms with E-state index >= 15 is 0 Å². The monoisotopic (exact) mass is 331 g/mol. The van der Waals surface area contributed by atoms with Gasteiger partial charge in [-0.05, 0) is 12.5 Å². The van der Waals surface area contributed by atoms with E-state index in [0.717, 1.165) is 10.6 Å². The molecule has 8 heteroatoms. The fourth-order valence-electron chi connectivity index (χ4n) is 2.23. The fourth-order valence-corrected chi connectivity index (χ4v) is 2.51. The number of urea groups is 1. The maximum absolute atomic E-state index is 11.4. The summed E-state index contributed by atoms with van der Waals surface area (Å²) in [6, 6.07) is 9.27. The molecule has 0 spiro atoms. The van der Waals surface area contributed by atoms with Crippen molar-refractivity contribution in [2.24, 2.45) is 5.10 Å². The number of aromatic nitrogens is 2. The van der Waals surface area contributed by atoms with Crippen molar-refractivity contribution < 1.29 is 9.59 Å². The van der Waals surface area contributed by atoms with Crippen LogP contribution in [0.4, 0.5) is 4.79 Å². The smallest absolute Gasteiger partial charge is 0.275 e. The average molecular weight is 332 g/mol. The van der Waals surface area contributed by atoms with Crippen molar-refractivity contribution >= 4 is 29.8 Å². The summed E-state index contributed by atoms with van der Waals surface area (Å²) in [4.78, 5) is 22.6. The van der Waals surface area contributed by atoms with Crippen LogP contribution in [0.1, 0.15) is 16.8 Å². The fraction of sp³-hybridized carbons (Fsp3) is 0.200. The summed E-state index contributed by atoms with van der Waals surface area (Å²) in [5.74, 6) is -0.380. The molecule has 1 aromatic carbocycles. The van der Waals surface area contributed by atoms with Gasteiger partial charge in [-0.25, -0.2) is 14.5 Å². The third kappa shape index (κ3) is 3.24. The van der Waals surface area contributed by atoms with Gasteiger partial charge in [0, 0.05) is 0 Å². The third-order valence-corrected chi connectivity index (χ3v) is 3.78. The topological polar surface area (TPSA) is 79.6 Å². The summed E-state index contributed by atoms with van der Waals surface area (Å²) in [5, 5.41) is 12.0. The van der Waals surface area contributed by atoms with Crippen LogP contribution < -0.4 is 5.32 Å². The molecule has 0 saturated carbocycles. The van der Waals surface area contributed by atoms with E-state index in [9.17, 15) is 9.59 Å². The molecule has 1 aromatic heterocycles. The number of hydrogen-bond donors (Lipinski definition) is 1. The molecule has 1 saturated heterocycles. The normalized spacial score (nSPS) is 14.8. The molecule has 3 amide bonds. The lowest BCUT2D eigenvalue weighted by atomic mass is 10.2. The lowest BCUT2D eigenvalue weighted by molar-refractivity contribution is -0.118. The summed E-state index contributed by atoms with van der Waals surface area (Å²) < 4.78 is 1.67. The highest BCUT2D eigenvalue weighted by Crippen LogP contribution is 2.19. The first-order valence-electron chi connectivity index (χ1n) is 6.97. The molecule has 1 aliphatic rings. The molecule has 1 N–H and O–H groups in total. The predicted octanol–water partition coefficient (Wildman–Crippen LogP) is 1.78. The highest BCUT2D eigenvalue weighted by Gasteiger charge is 2.26. The van der Waals surface area contributed by atoms with Gasteiger partial charge in [0.2, 0.25) is 5.91 Å². The molecule has 0 unspecified atom stereocenters. The third-order valence-electron chi connectivity index (χ3n) is 3.38. The van der Waals surface area contributed by atoms with Crippen LogP contribution in [0.5, 0.6) is 0 Å². The molecule has 7 nitrogen and oxygen atoms in total. The first-order chi connectivity index (χ1) is 11.0. The maximum Gasteiger partial charge on any atom is 0.344 e. The molecule has 0 radical (unpaired) electrons. The Bertz CT molecular complexity index is 785. The van der Waals surface area contributed by atoms with Crippen molar-refractivity contribution in [3.8, 4) is 0 Å². The highest BCUT2D eigenvalue weighted by atomic mass is 35.5. The SMILES string of the molecule is Cc1nn(Cc2ccccc2)c(Cl)c1/C=N/N1CC(=O)NC1=O. The van der Waals surface area contributed by atoms with Crippen LogP contribution in [0.25, 0.3) is 0 Å². The zero-order valence-corrected chi connectivity index (χ0v) is 13.1. The Morgan fingerprint density at radius 2 is 2.09 bits per heavy atom. The largest absolute Gasteiger partial charge is 0.344 e. The number of hydrazone groups is 1. The number of carbonyl (C=O) groups is 2. The summed E-state index contributed by atoms with van der Waals surface area (Å²) in [7, 11) is 0. The quantitative estimate of drug-likeness (QED) is 0.685. The summed E-state index contributed by atoms with van der Waals surface area (Å²) >= 11 is 6.35. The molecule has 118 valence electrons. The number of halogens is 1. The van der Waals surface area contributed by atoms with Gasteiger partial charge in [0.05, 0.1) is 24.0 Å². The molecule has 0 aliphatic carbocycles. The van der Waals surface area contributed by atoms with Crippen molar-refractivity contribution in [2.75, 3.05) is 6.54 Å². The van der Waals surface area contributed by atoms with Crippen LogP contribution in [0, 0.1) is 6.92 Å². The van der Waals surface area contributed by atoms with Crippen molar-refractivity contribution in [1.82, 2.24) is 20.1 Å². The van der Waals surface area contributed by atoms with Crippen LogP contribution in [0.2, 0.25) is 5.15 Å². The number of benzene rings is 1. The van der Waals surface area contributed by atoms with E-state index < -0.39 is 6.03 Å². The van der Waals surface area contributed by atoms with Crippen LogP contribution >= 0.6 is 11.6 Å². The first kappa shape index (κ1) is 15.2. The van der Waals surface area contributed by atoms with Gasteiger partial charge >= 0.3 is 6.03 Å². The molecule has 1 fully saturated rings. The molecule has 3 rings (SSSR count). The van der Waals surface area contributed by atoms with Gasteiger partial charge in [-0.1, -0.05) is 41.9 Å². The molecule has 23 heavy (non-hydrogen) atoms. The van der Waals surface area contributed by atoms with Crippen LogP contribution in [0.15, 0.2) is 35.4 Å². The lowest BCUT2D eigenvalue weighted by Crippen LogP contribution is -2.24. The molecular weight excluding hydrogens is 318 g/mol. The molecule has 2 aromatic rings. The number of nitrogens with one attached hydrogen (secondary N) is 1. The van der Waals surface area contributed by atoms with Crippen molar-refractivity contribution in [3.63, 3.8) is 0 Å². The second-order valence-corrected chi connectivity index (χ2v) is 5.45. The van der Waals surface area contributed by atoms with Crippen LogP contribution in [-0.4, -0.2) is 39.5 Å².